The van der Waals surface area contributed by atoms with Crippen molar-refractivity contribution >= 4 is 23.6 Å². The summed E-state index contributed by atoms with van der Waals surface area (Å²) in [6.45, 7) is 0. The second-order valence-corrected chi connectivity index (χ2v) is 4.94. The summed E-state index contributed by atoms with van der Waals surface area (Å²) in [4.78, 5) is 4.44. The number of aromatic nitrogens is 2. The molecule has 1 aliphatic rings. The molecule has 100 valence electrons. The van der Waals surface area contributed by atoms with E-state index in [2.05, 4.69) is 39.5 Å². The molecule has 1 N–H and O–H groups in total. The second kappa shape index (κ2) is 4.87. The minimum atomic E-state index is 1.02. The van der Waals surface area contributed by atoms with E-state index in [0.29, 0.717) is 0 Å². The molecule has 0 saturated carbocycles. The van der Waals surface area contributed by atoms with Gasteiger partial charge in [0.15, 0.2) is 0 Å². The SMILES string of the molecule is C1=Nc2ccccc2C1=Cc1cn[nH]c1-c1ccccc1. The van der Waals surface area contributed by atoms with Gasteiger partial charge >= 0.3 is 0 Å². The highest BCUT2D eigenvalue weighted by atomic mass is 15.1. The first-order valence-corrected chi connectivity index (χ1v) is 6.86. The number of aromatic amines is 1. The predicted octanol–water partition coefficient (Wildman–Crippen LogP) is 4.33. The Kier molecular flexibility index (Phi) is 2.75. The molecular weight excluding hydrogens is 258 g/mol. The Morgan fingerprint density at radius 2 is 1.71 bits per heavy atom. The number of benzene rings is 2. The van der Waals surface area contributed by atoms with Crippen molar-refractivity contribution < 1.29 is 0 Å². The third-order valence-corrected chi connectivity index (χ3v) is 3.60. The van der Waals surface area contributed by atoms with Gasteiger partial charge in [0.05, 0.1) is 17.6 Å². The summed E-state index contributed by atoms with van der Waals surface area (Å²) in [5, 5.41) is 7.26. The van der Waals surface area contributed by atoms with Crippen molar-refractivity contribution in [1.29, 1.82) is 0 Å². The van der Waals surface area contributed by atoms with Crippen molar-refractivity contribution in [3.8, 4) is 11.3 Å². The van der Waals surface area contributed by atoms with E-state index in [1.54, 1.807) is 0 Å². The maximum Gasteiger partial charge on any atom is 0.0722 e. The smallest absolute Gasteiger partial charge is 0.0722 e. The molecule has 0 spiro atoms. The molecule has 0 fully saturated rings. The molecule has 2 aromatic carbocycles. The lowest BCUT2D eigenvalue weighted by atomic mass is 10.0. The van der Waals surface area contributed by atoms with Crippen LogP contribution in [0.4, 0.5) is 5.69 Å². The summed E-state index contributed by atoms with van der Waals surface area (Å²) >= 11 is 0. The lowest BCUT2D eigenvalue weighted by molar-refractivity contribution is 1.10. The summed E-state index contributed by atoms with van der Waals surface area (Å²) < 4.78 is 0. The van der Waals surface area contributed by atoms with Gasteiger partial charge < -0.3 is 0 Å². The molecular formula is C18H13N3. The molecule has 0 unspecified atom stereocenters. The first-order chi connectivity index (χ1) is 10.4. The zero-order valence-corrected chi connectivity index (χ0v) is 11.3. The van der Waals surface area contributed by atoms with Crippen LogP contribution in [0.3, 0.4) is 0 Å². The minimum absolute atomic E-state index is 1.02. The van der Waals surface area contributed by atoms with Crippen LogP contribution in [0.5, 0.6) is 0 Å². The van der Waals surface area contributed by atoms with Gasteiger partial charge in [0, 0.05) is 28.5 Å². The standard InChI is InChI=1S/C18H13N3/c1-2-6-13(7-3-1)18-15(12-20-21-18)10-14-11-19-17-9-5-4-8-16(14)17/h1-12H,(H,20,21). The average molecular weight is 271 g/mol. The van der Waals surface area contributed by atoms with Gasteiger partial charge in [0.25, 0.3) is 0 Å². The van der Waals surface area contributed by atoms with Crippen molar-refractivity contribution in [2.45, 2.75) is 0 Å². The fraction of sp³-hybridized carbons (Fsp3) is 0. The maximum atomic E-state index is 4.44. The highest BCUT2D eigenvalue weighted by molar-refractivity contribution is 6.21. The molecule has 0 bridgehead atoms. The zero-order chi connectivity index (χ0) is 14.1. The summed E-state index contributed by atoms with van der Waals surface area (Å²) in [6.07, 6.45) is 5.89. The number of H-pyrrole nitrogens is 1. The molecule has 1 aliphatic heterocycles. The van der Waals surface area contributed by atoms with E-state index in [4.69, 9.17) is 0 Å². The van der Waals surface area contributed by atoms with E-state index >= 15 is 0 Å². The number of allylic oxidation sites excluding steroid dienone is 1. The molecule has 21 heavy (non-hydrogen) atoms. The Morgan fingerprint density at radius 3 is 2.62 bits per heavy atom. The van der Waals surface area contributed by atoms with E-state index in [9.17, 15) is 0 Å². The van der Waals surface area contributed by atoms with Gasteiger partial charge in [-0.2, -0.15) is 5.10 Å². The largest absolute Gasteiger partial charge is 0.277 e. The fourth-order valence-corrected chi connectivity index (χ4v) is 2.56. The second-order valence-electron chi connectivity index (χ2n) is 4.94. The molecule has 1 aromatic heterocycles. The fourth-order valence-electron chi connectivity index (χ4n) is 2.56. The third-order valence-electron chi connectivity index (χ3n) is 3.60. The number of hydrogen-bond acceptors (Lipinski definition) is 2. The number of para-hydroxylation sites is 1. The Hall–Kier alpha value is -2.94. The van der Waals surface area contributed by atoms with E-state index in [-0.39, 0.29) is 0 Å². The zero-order valence-electron chi connectivity index (χ0n) is 11.3. The van der Waals surface area contributed by atoms with E-state index < -0.39 is 0 Å². The summed E-state index contributed by atoms with van der Waals surface area (Å²) in [7, 11) is 0. The third kappa shape index (κ3) is 2.09. The van der Waals surface area contributed by atoms with Crippen LogP contribution in [0.2, 0.25) is 0 Å². The van der Waals surface area contributed by atoms with Gasteiger partial charge in [-0.3, -0.25) is 10.1 Å². The first-order valence-electron chi connectivity index (χ1n) is 6.86. The van der Waals surface area contributed by atoms with Crippen LogP contribution < -0.4 is 0 Å². The number of nitrogens with zero attached hydrogens (tertiary/aromatic N) is 2. The monoisotopic (exact) mass is 271 g/mol. The van der Waals surface area contributed by atoms with Gasteiger partial charge in [-0.1, -0.05) is 48.5 Å². The molecule has 3 heteroatoms. The molecule has 3 nitrogen and oxygen atoms in total. The van der Waals surface area contributed by atoms with Crippen LogP contribution in [-0.2, 0) is 0 Å². The molecule has 2 heterocycles. The van der Waals surface area contributed by atoms with Gasteiger partial charge in [-0.25, -0.2) is 0 Å². The molecule has 0 atom stereocenters. The summed E-state index contributed by atoms with van der Waals surface area (Å²) in [6, 6.07) is 18.4. The Labute approximate surface area is 122 Å². The Morgan fingerprint density at radius 1 is 0.905 bits per heavy atom. The predicted molar refractivity (Wildman–Crippen MR) is 86.5 cm³/mol. The van der Waals surface area contributed by atoms with E-state index in [1.807, 2.05) is 48.8 Å². The van der Waals surface area contributed by atoms with E-state index in [1.165, 1.54) is 0 Å². The van der Waals surface area contributed by atoms with Crippen LogP contribution in [0.25, 0.3) is 22.9 Å². The lowest BCUT2D eigenvalue weighted by Crippen LogP contribution is -1.83. The van der Waals surface area contributed by atoms with Crippen LogP contribution in [0.1, 0.15) is 11.1 Å². The van der Waals surface area contributed by atoms with Crippen molar-refractivity contribution in [3.63, 3.8) is 0 Å². The van der Waals surface area contributed by atoms with Crippen molar-refractivity contribution in [2.24, 2.45) is 4.99 Å². The maximum absolute atomic E-state index is 4.44. The van der Waals surface area contributed by atoms with E-state index in [0.717, 1.165) is 33.6 Å². The number of hydrogen-bond donors (Lipinski definition) is 1. The number of fused-ring (bicyclic) bond motifs is 1. The lowest BCUT2D eigenvalue weighted by Gasteiger charge is -2.01. The van der Waals surface area contributed by atoms with Crippen LogP contribution in [0.15, 0.2) is 65.8 Å². The van der Waals surface area contributed by atoms with Gasteiger partial charge in [-0.05, 0) is 12.1 Å². The highest BCUT2D eigenvalue weighted by Gasteiger charge is 2.13. The van der Waals surface area contributed by atoms with Gasteiger partial charge in [-0.15, -0.1) is 0 Å². The minimum Gasteiger partial charge on any atom is -0.277 e. The van der Waals surface area contributed by atoms with Gasteiger partial charge in [0.2, 0.25) is 0 Å². The number of aliphatic imine (C=N–C) groups is 1. The molecule has 0 saturated heterocycles. The topological polar surface area (TPSA) is 41.0 Å². The average Bonchev–Trinajstić information content (AvgIpc) is 3.16. The van der Waals surface area contributed by atoms with Crippen LogP contribution >= 0.6 is 0 Å². The van der Waals surface area contributed by atoms with Gasteiger partial charge in [0.1, 0.15) is 0 Å². The highest BCUT2D eigenvalue weighted by Crippen LogP contribution is 2.33. The molecule has 0 amide bonds. The number of nitrogens with one attached hydrogen (secondary N) is 1. The molecule has 4 rings (SSSR count). The molecule has 0 aliphatic carbocycles. The summed E-state index contributed by atoms with van der Waals surface area (Å²) in [5.41, 5.74) is 6.53. The van der Waals surface area contributed by atoms with Crippen LogP contribution in [-0.4, -0.2) is 16.4 Å². The summed E-state index contributed by atoms with van der Waals surface area (Å²) in [5.74, 6) is 0. The molecule has 0 radical (unpaired) electrons. The van der Waals surface area contributed by atoms with Crippen LogP contribution in [0, 0.1) is 0 Å². The molecule has 3 aromatic rings. The Balaban J connectivity index is 1.79. The first kappa shape index (κ1) is 11.9. The number of rotatable bonds is 2. The normalized spacial score (nSPS) is 14.6. The quantitative estimate of drug-likeness (QED) is 0.740. The Bertz CT molecular complexity index is 842. The van der Waals surface area contributed by atoms with Crippen molar-refractivity contribution in [3.05, 3.63) is 71.9 Å². The van der Waals surface area contributed by atoms with Crippen molar-refractivity contribution in [1.82, 2.24) is 10.2 Å². The van der Waals surface area contributed by atoms with Crippen molar-refractivity contribution in [2.75, 3.05) is 0 Å².